The number of esters is 1. The molecule has 0 aromatic heterocycles. The molecule has 0 aliphatic rings. The Kier molecular flexibility index (Phi) is 6.14. The number of carbonyl (C=O) groups excluding carboxylic acids is 2. The molecule has 1 amide bonds. The Labute approximate surface area is 143 Å². The van der Waals surface area contributed by atoms with Gasteiger partial charge in [-0.3, -0.25) is 4.79 Å². The van der Waals surface area contributed by atoms with E-state index in [1.807, 2.05) is 0 Å². The molecule has 0 aliphatic heterocycles. The maximum Gasteiger partial charge on any atom is 0.344 e. The third-order valence-electron chi connectivity index (χ3n) is 2.94. The second-order valence-corrected chi connectivity index (χ2v) is 5.31. The quantitative estimate of drug-likeness (QED) is 0.810. The molecule has 1 N–H and O–H groups in total. The van der Waals surface area contributed by atoms with Gasteiger partial charge in [0.25, 0.3) is 5.91 Å². The molecule has 24 heavy (non-hydrogen) atoms. The number of halogens is 2. The largest absolute Gasteiger partial charge is 0.482 e. The van der Waals surface area contributed by atoms with Crippen molar-refractivity contribution < 1.29 is 23.5 Å². The molecule has 0 fully saturated rings. The standard InChI is InChI=1S/C17H15ClFNO4/c1-11(17(22)20-14-7-5-13(19)6-8-14)24-16(21)10-23-15-4-2-3-12(18)9-15/h2-9,11H,10H2,1H3,(H,20,22)/t11-/m1/s1. The van der Waals surface area contributed by atoms with Gasteiger partial charge in [-0.05, 0) is 49.4 Å². The van der Waals surface area contributed by atoms with E-state index in [-0.39, 0.29) is 6.61 Å². The van der Waals surface area contributed by atoms with E-state index in [9.17, 15) is 14.0 Å². The van der Waals surface area contributed by atoms with Crippen LogP contribution in [0.4, 0.5) is 10.1 Å². The Balaban J connectivity index is 1.80. The first-order valence-corrected chi connectivity index (χ1v) is 7.46. The van der Waals surface area contributed by atoms with E-state index in [0.29, 0.717) is 16.5 Å². The molecule has 0 radical (unpaired) electrons. The Morgan fingerprint density at radius 2 is 1.92 bits per heavy atom. The van der Waals surface area contributed by atoms with Crippen molar-refractivity contribution in [1.29, 1.82) is 0 Å². The summed E-state index contributed by atoms with van der Waals surface area (Å²) in [4.78, 5) is 23.6. The highest BCUT2D eigenvalue weighted by Crippen LogP contribution is 2.17. The van der Waals surface area contributed by atoms with E-state index in [4.69, 9.17) is 21.1 Å². The molecule has 0 spiro atoms. The number of hydrogen-bond donors (Lipinski definition) is 1. The van der Waals surface area contributed by atoms with Gasteiger partial charge in [-0.25, -0.2) is 9.18 Å². The van der Waals surface area contributed by atoms with Gasteiger partial charge in [-0.1, -0.05) is 17.7 Å². The molecular weight excluding hydrogens is 337 g/mol. The minimum Gasteiger partial charge on any atom is -0.482 e. The molecule has 5 nitrogen and oxygen atoms in total. The number of anilines is 1. The van der Waals surface area contributed by atoms with E-state index in [0.717, 1.165) is 0 Å². The summed E-state index contributed by atoms with van der Waals surface area (Å²) in [5, 5.41) is 2.99. The van der Waals surface area contributed by atoms with E-state index in [1.165, 1.54) is 31.2 Å². The first-order valence-electron chi connectivity index (χ1n) is 7.08. The van der Waals surface area contributed by atoms with Crippen molar-refractivity contribution in [2.75, 3.05) is 11.9 Å². The van der Waals surface area contributed by atoms with Crippen molar-refractivity contribution in [2.45, 2.75) is 13.0 Å². The van der Waals surface area contributed by atoms with Gasteiger partial charge in [0, 0.05) is 10.7 Å². The van der Waals surface area contributed by atoms with Gasteiger partial charge < -0.3 is 14.8 Å². The third kappa shape index (κ3) is 5.55. The zero-order valence-electron chi connectivity index (χ0n) is 12.8. The van der Waals surface area contributed by atoms with Gasteiger partial charge >= 0.3 is 5.97 Å². The lowest BCUT2D eigenvalue weighted by Gasteiger charge is -2.14. The van der Waals surface area contributed by atoms with Gasteiger partial charge in [-0.15, -0.1) is 0 Å². The highest BCUT2D eigenvalue weighted by Gasteiger charge is 2.18. The Morgan fingerprint density at radius 1 is 1.21 bits per heavy atom. The highest BCUT2D eigenvalue weighted by molar-refractivity contribution is 6.30. The molecule has 0 bridgehead atoms. The zero-order chi connectivity index (χ0) is 17.5. The predicted octanol–water partition coefficient (Wildman–Crippen LogP) is 3.43. The number of rotatable bonds is 6. The summed E-state index contributed by atoms with van der Waals surface area (Å²) in [7, 11) is 0. The van der Waals surface area contributed by atoms with Crippen LogP contribution < -0.4 is 10.1 Å². The van der Waals surface area contributed by atoms with Crippen molar-refractivity contribution in [3.8, 4) is 5.75 Å². The molecule has 0 aliphatic carbocycles. The van der Waals surface area contributed by atoms with Crippen LogP contribution in [0.2, 0.25) is 5.02 Å². The molecule has 0 saturated heterocycles. The van der Waals surface area contributed by atoms with Crippen LogP contribution in [0.5, 0.6) is 5.75 Å². The zero-order valence-corrected chi connectivity index (χ0v) is 13.5. The monoisotopic (exact) mass is 351 g/mol. The minimum atomic E-state index is -1.02. The van der Waals surface area contributed by atoms with Gasteiger partial charge in [-0.2, -0.15) is 0 Å². The summed E-state index contributed by atoms with van der Waals surface area (Å²) in [5.41, 5.74) is 0.402. The van der Waals surface area contributed by atoms with Gasteiger partial charge in [0.05, 0.1) is 0 Å². The van der Waals surface area contributed by atoms with Crippen LogP contribution in [-0.2, 0) is 14.3 Å². The Bertz CT molecular complexity index is 721. The Morgan fingerprint density at radius 3 is 2.58 bits per heavy atom. The predicted molar refractivity (Wildman–Crippen MR) is 87.5 cm³/mol. The van der Waals surface area contributed by atoms with Crippen molar-refractivity contribution in [1.82, 2.24) is 0 Å². The van der Waals surface area contributed by atoms with Crippen molar-refractivity contribution in [3.63, 3.8) is 0 Å². The maximum absolute atomic E-state index is 12.8. The SMILES string of the molecule is C[C@@H](OC(=O)COc1cccc(Cl)c1)C(=O)Nc1ccc(F)cc1. The minimum absolute atomic E-state index is 0.353. The molecule has 126 valence electrons. The molecule has 0 unspecified atom stereocenters. The number of nitrogens with one attached hydrogen (secondary N) is 1. The number of benzene rings is 2. The fourth-order valence-electron chi connectivity index (χ4n) is 1.76. The summed E-state index contributed by atoms with van der Waals surface area (Å²) >= 11 is 5.80. The first-order chi connectivity index (χ1) is 11.4. The normalized spacial score (nSPS) is 11.5. The summed E-state index contributed by atoms with van der Waals surface area (Å²) < 4.78 is 23.0. The smallest absolute Gasteiger partial charge is 0.344 e. The van der Waals surface area contributed by atoms with Crippen molar-refractivity contribution in [3.05, 3.63) is 59.4 Å². The molecule has 2 rings (SSSR count). The van der Waals surface area contributed by atoms with Crippen LogP contribution in [0, 0.1) is 5.82 Å². The summed E-state index contributed by atoms with van der Waals surface area (Å²) in [5.74, 6) is -1.22. The van der Waals surface area contributed by atoms with Crippen LogP contribution >= 0.6 is 11.6 Å². The van der Waals surface area contributed by atoms with Crippen LogP contribution in [0.3, 0.4) is 0 Å². The van der Waals surface area contributed by atoms with E-state index < -0.39 is 23.8 Å². The molecule has 0 saturated carbocycles. The molecule has 0 heterocycles. The highest BCUT2D eigenvalue weighted by atomic mass is 35.5. The van der Waals surface area contributed by atoms with Gasteiger partial charge in [0.2, 0.25) is 0 Å². The Hall–Kier alpha value is -2.60. The summed E-state index contributed by atoms with van der Waals surface area (Å²) in [6.07, 6.45) is -1.02. The summed E-state index contributed by atoms with van der Waals surface area (Å²) in [6.45, 7) is 1.07. The number of amides is 1. The second kappa shape index (κ2) is 8.31. The fraction of sp³-hybridized carbons (Fsp3) is 0.176. The van der Waals surface area contributed by atoms with E-state index >= 15 is 0 Å². The van der Waals surface area contributed by atoms with Crippen molar-refractivity contribution >= 4 is 29.2 Å². The molecule has 2 aromatic rings. The number of ether oxygens (including phenoxy) is 2. The molecular formula is C17H15ClFNO4. The number of hydrogen-bond acceptors (Lipinski definition) is 4. The number of carbonyl (C=O) groups is 2. The maximum atomic E-state index is 12.8. The van der Waals surface area contributed by atoms with Crippen molar-refractivity contribution in [2.24, 2.45) is 0 Å². The molecule has 2 aromatic carbocycles. The fourth-order valence-corrected chi connectivity index (χ4v) is 1.94. The lowest BCUT2D eigenvalue weighted by molar-refractivity contribution is -0.155. The molecule has 1 atom stereocenters. The average molecular weight is 352 g/mol. The molecule has 7 heteroatoms. The van der Waals surface area contributed by atoms with Crippen LogP contribution in [0.1, 0.15) is 6.92 Å². The lowest BCUT2D eigenvalue weighted by Crippen LogP contribution is -2.31. The van der Waals surface area contributed by atoms with E-state index in [1.54, 1.807) is 24.3 Å². The summed E-state index contributed by atoms with van der Waals surface area (Å²) in [6, 6.07) is 11.8. The average Bonchev–Trinajstić information content (AvgIpc) is 2.55. The first kappa shape index (κ1) is 17.7. The topological polar surface area (TPSA) is 64.6 Å². The van der Waals surface area contributed by atoms with Gasteiger partial charge in [0.15, 0.2) is 12.7 Å². The third-order valence-corrected chi connectivity index (χ3v) is 3.18. The van der Waals surface area contributed by atoms with E-state index in [2.05, 4.69) is 5.32 Å². The van der Waals surface area contributed by atoms with Crippen LogP contribution in [0.25, 0.3) is 0 Å². The van der Waals surface area contributed by atoms with Crippen LogP contribution in [-0.4, -0.2) is 24.6 Å². The second-order valence-electron chi connectivity index (χ2n) is 4.87. The van der Waals surface area contributed by atoms with Crippen LogP contribution in [0.15, 0.2) is 48.5 Å². The lowest BCUT2D eigenvalue weighted by atomic mass is 10.3. The van der Waals surface area contributed by atoms with Gasteiger partial charge in [0.1, 0.15) is 11.6 Å².